The molecule has 2 rings (SSSR count). The summed E-state index contributed by atoms with van der Waals surface area (Å²) in [6, 6.07) is 13.1. The fourth-order valence-electron chi connectivity index (χ4n) is 1.89. The summed E-state index contributed by atoms with van der Waals surface area (Å²) in [6.07, 6.45) is 0. The first kappa shape index (κ1) is 15.7. The van der Waals surface area contributed by atoms with Gasteiger partial charge < -0.3 is 9.47 Å². The Morgan fingerprint density at radius 2 is 1.86 bits per heavy atom. The van der Waals surface area contributed by atoms with Crippen LogP contribution in [0.3, 0.4) is 0 Å². The Bertz CT molecular complexity index is 763. The van der Waals surface area contributed by atoms with Gasteiger partial charge in [0.2, 0.25) is 0 Å². The number of methoxy groups -OCH3 is 2. The molecular weight excluding hydrogens is 298 g/mol. The van der Waals surface area contributed by atoms with E-state index in [0.717, 1.165) is 5.56 Å². The minimum Gasteiger partial charge on any atom is -0.493 e. The number of aromatic nitrogens is 1. The number of rotatable bonds is 5. The third-order valence-corrected chi connectivity index (χ3v) is 3.79. The van der Waals surface area contributed by atoms with Gasteiger partial charge in [-0.15, -0.1) is 0 Å². The number of benzene rings is 1. The van der Waals surface area contributed by atoms with Crippen LogP contribution in [-0.4, -0.2) is 25.0 Å². The number of nitriles is 2. The molecule has 0 saturated carbocycles. The van der Waals surface area contributed by atoms with Crippen molar-refractivity contribution in [1.29, 1.82) is 10.5 Å². The van der Waals surface area contributed by atoms with Gasteiger partial charge in [0.05, 0.1) is 37.3 Å². The molecule has 0 unspecified atom stereocenters. The number of pyridine rings is 1. The van der Waals surface area contributed by atoms with E-state index >= 15 is 0 Å². The molecule has 22 heavy (non-hydrogen) atoms. The van der Waals surface area contributed by atoms with Gasteiger partial charge >= 0.3 is 0 Å². The molecular formula is C16H13N3O2S. The van der Waals surface area contributed by atoms with Crippen LogP contribution in [0.5, 0.6) is 11.5 Å². The van der Waals surface area contributed by atoms with Gasteiger partial charge in [-0.1, -0.05) is 11.8 Å². The molecule has 110 valence electrons. The van der Waals surface area contributed by atoms with Crippen LogP contribution in [0.2, 0.25) is 0 Å². The average molecular weight is 311 g/mol. The van der Waals surface area contributed by atoms with Crippen molar-refractivity contribution in [2.24, 2.45) is 0 Å². The highest BCUT2D eigenvalue weighted by Gasteiger charge is 2.10. The highest BCUT2D eigenvalue weighted by Crippen LogP contribution is 2.32. The molecule has 0 amide bonds. The van der Waals surface area contributed by atoms with Crippen LogP contribution in [0.1, 0.15) is 5.56 Å². The maximum atomic E-state index is 9.11. The Morgan fingerprint density at radius 1 is 1.09 bits per heavy atom. The van der Waals surface area contributed by atoms with Gasteiger partial charge in [0.25, 0.3) is 0 Å². The summed E-state index contributed by atoms with van der Waals surface area (Å²) < 4.78 is 10.5. The third-order valence-electron chi connectivity index (χ3n) is 2.93. The smallest absolute Gasteiger partial charge is 0.161 e. The molecule has 1 aromatic heterocycles. The first-order valence-corrected chi connectivity index (χ1v) is 7.35. The van der Waals surface area contributed by atoms with Crippen molar-refractivity contribution in [3.05, 3.63) is 35.9 Å². The van der Waals surface area contributed by atoms with Gasteiger partial charge in [0, 0.05) is 5.56 Å². The van der Waals surface area contributed by atoms with Crippen molar-refractivity contribution in [2.45, 2.75) is 5.03 Å². The molecule has 1 heterocycles. The summed E-state index contributed by atoms with van der Waals surface area (Å²) in [6.45, 7) is 0. The molecule has 6 heteroatoms. The van der Waals surface area contributed by atoms with E-state index in [0.29, 0.717) is 27.8 Å². The third kappa shape index (κ3) is 3.30. The normalized spacial score (nSPS) is 9.64. The second-order valence-electron chi connectivity index (χ2n) is 4.18. The average Bonchev–Trinajstić information content (AvgIpc) is 2.58. The van der Waals surface area contributed by atoms with E-state index in [2.05, 4.69) is 11.1 Å². The lowest BCUT2D eigenvalue weighted by Crippen LogP contribution is -1.94. The molecule has 0 bridgehead atoms. The van der Waals surface area contributed by atoms with Crippen LogP contribution in [0.4, 0.5) is 0 Å². The zero-order valence-electron chi connectivity index (χ0n) is 12.2. The zero-order valence-corrected chi connectivity index (χ0v) is 13.0. The highest BCUT2D eigenvalue weighted by atomic mass is 32.2. The lowest BCUT2D eigenvalue weighted by atomic mass is 10.1. The SMILES string of the molecule is COc1ccc(-c2ccc(C#N)c(SCC#N)n2)cc1OC. The largest absolute Gasteiger partial charge is 0.493 e. The zero-order chi connectivity index (χ0) is 15.9. The van der Waals surface area contributed by atoms with E-state index in [1.165, 1.54) is 11.8 Å². The quantitative estimate of drug-likeness (QED) is 0.789. The Morgan fingerprint density at radius 3 is 2.50 bits per heavy atom. The Hall–Kier alpha value is -2.70. The summed E-state index contributed by atoms with van der Waals surface area (Å²) in [5.74, 6) is 1.49. The number of thioether (sulfide) groups is 1. The van der Waals surface area contributed by atoms with Gasteiger partial charge in [-0.3, -0.25) is 0 Å². The molecule has 0 N–H and O–H groups in total. The van der Waals surface area contributed by atoms with Crippen LogP contribution in [-0.2, 0) is 0 Å². The number of ether oxygens (including phenoxy) is 2. The second kappa shape index (κ2) is 7.35. The van der Waals surface area contributed by atoms with E-state index in [4.69, 9.17) is 20.0 Å². The summed E-state index contributed by atoms with van der Waals surface area (Å²) in [5.41, 5.74) is 2.02. The molecule has 0 aliphatic heterocycles. The highest BCUT2D eigenvalue weighted by molar-refractivity contribution is 7.99. The number of hydrogen-bond donors (Lipinski definition) is 0. The lowest BCUT2D eigenvalue weighted by Gasteiger charge is -2.10. The van der Waals surface area contributed by atoms with E-state index in [9.17, 15) is 0 Å². The van der Waals surface area contributed by atoms with Crippen molar-refractivity contribution in [3.63, 3.8) is 0 Å². The lowest BCUT2D eigenvalue weighted by molar-refractivity contribution is 0.355. The Labute approximate surface area is 133 Å². The molecule has 0 aliphatic rings. The summed E-state index contributed by atoms with van der Waals surface area (Å²) in [7, 11) is 3.15. The maximum absolute atomic E-state index is 9.11. The molecule has 0 aliphatic carbocycles. The van der Waals surface area contributed by atoms with Crippen LogP contribution in [0.25, 0.3) is 11.3 Å². The second-order valence-corrected chi connectivity index (χ2v) is 5.14. The van der Waals surface area contributed by atoms with Gasteiger partial charge in [-0.25, -0.2) is 4.98 Å². The van der Waals surface area contributed by atoms with Crippen LogP contribution in [0.15, 0.2) is 35.4 Å². The first-order valence-electron chi connectivity index (χ1n) is 6.36. The minimum atomic E-state index is 0.247. The van der Waals surface area contributed by atoms with Gasteiger partial charge in [0.15, 0.2) is 11.5 Å². The Balaban J connectivity index is 2.45. The minimum absolute atomic E-state index is 0.247. The monoisotopic (exact) mass is 311 g/mol. The predicted molar refractivity (Wildman–Crippen MR) is 83.8 cm³/mol. The fraction of sp³-hybridized carbons (Fsp3) is 0.188. The summed E-state index contributed by atoms with van der Waals surface area (Å²) in [5, 5.41) is 18.4. The van der Waals surface area contributed by atoms with Crippen molar-refractivity contribution >= 4 is 11.8 Å². The van der Waals surface area contributed by atoms with Crippen LogP contribution in [0, 0.1) is 22.7 Å². The van der Waals surface area contributed by atoms with Crippen molar-refractivity contribution in [2.75, 3.05) is 20.0 Å². The molecule has 0 atom stereocenters. The van der Waals surface area contributed by atoms with Gasteiger partial charge in [0.1, 0.15) is 11.1 Å². The van der Waals surface area contributed by atoms with E-state index in [-0.39, 0.29) is 5.75 Å². The van der Waals surface area contributed by atoms with Crippen LogP contribution >= 0.6 is 11.8 Å². The molecule has 5 nitrogen and oxygen atoms in total. The number of nitrogens with zero attached hydrogens (tertiary/aromatic N) is 3. The van der Waals surface area contributed by atoms with Gasteiger partial charge in [-0.2, -0.15) is 10.5 Å². The van der Waals surface area contributed by atoms with E-state index < -0.39 is 0 Å². The van der Waals surface area contributed by atoms with E-state index in [1.807, 2.05) is 18.2 Å². The summed E-state index contributed by atoms with van der Waals surface area (Å²) >= 11 is 1.25. The van der Waals surface area contributed by atoms with Crippen molar-refractivity contribution in [1.82, 2.24) is 4.98 Å². The summed E-state index contributed by atoms with van der Waals surface area (Å²) in [4.78, 5) is 4.48. The topological polar surface area (TPSA) is 78.9 Å². The predicted octanol–water partition coefficient (Wildman–Crippen LogP) is 3.25. The molecule has 1 aromatic carbocycles. The van der Waals surface area contributed by atoms with Crippen LogP contribution < -0.4 is 9.47 Å². The van der Waals surface area contributed by atoms with Crippen molar-refractivity contribution in [3.8, 4) is 34.9 Å². The first-order chi connectivity index (χ1) is 10.7. The van der Waals surface area contributed by atoms with Crippen molar-refractivity contribution < 1.29 is 9.47 Å². The Kier molecular flexibility index (Phi) is 5.24. The standard InChI is InChI=1S/C16H13N3O2S/c1-20-14-6-4-11(9-15(14)21-2)13-5-3-12(10-18)16(19-13)22-8-7-17/h3-6,9H,8H2,1-2H3. The van der Waals surface area contributed by atoms with Gasteiger partial charge in [-0.05, 0) is 30.3 Å². The molecule has 0 spiro atoms. The molecule has 2 aromatic rings. The molecule has 0 saturated heterocycles. The molecule has 0 fully saturated rings. The fourth-order valence-corrected chi connectivity index (χ4v) is 2.53. The van der Waals surface area contributed by atoms with E-state index in [1.54, 1.807) is 32.4 Å². The molecule has 0 radical (unpaired) electrons. The maximum Gasteiger partial charge on any atom is 0.161 e. The number of hydrogen-bond acceptors (Lipinski definition) is 6.